The summed E-state index contributed by atoms with van der Waals surface area (Å²) in [4.78, 5) is 17.3. The number of amides is 2. The highest BCUT2D eigenvalue weighted by Gasteiger charge is 2.23. The second-order valence-corrected chi connectivity index (χ2v) is 3.88. The second-order valence-electron chi connectivity index (χ2n) is 3.88. The van der Waals surface area contributed by atoms with Crippen molar-refractivity contribution in [3.8, 4) is 0 Å². The molecule has 0 spiro atoms. The van der Waals surface area contributed by atoms with Crippen LogP contribution in [0.4, 0.5) is 4.79 Å². The van der Waals surface area contributed by atoms with Gasteiger partial charge in [-0.1, -0.05) is 5.73 Å². The molecule has 0 aromatic rings. The lowest BCUT2D eigenvalue weighted by Crippen LogP contribution is -2.54. The normalized spacial score (nSPS) is 19.1. The number of carbonyl (C=O) groups excluding carboxylic acids is 1. The number of nitrogens with two attached hydrogens (primary N) is 1. The maximum atomic E-state index is 11.1. The van der Waals surface area contributed by atoms with Crippen LogP contribution >= 0.6 is 0 Å². The standard InChI is InChI=1S/C11H15N5O/c1-13-11(17)15-10-3-2-9(4-5-14-10)16-6-8(12)7-16/h2,4-5,8H,6-7,12H2,1H3,(H2,13,15,17). The number of aliphatic imine (C=N–C) groups is 1. The molecule has 4 N–H and O–H groups in total. The average Bonchev–Trinajstić information content (AvgIpc) is 2.50. The predicted molar refractivity (Wildman–Crippen MR) is 65.3 cm³/mol. The van der Waals surface area contributed by atoms with E-state index in [-0.39, 0.29) is 12.1 Å². The molecule has 0 aromatic carbocycles. The molecule has 2 aliphatic heterocycles. The summed E-state index contributed by atoms with van der Waals surface area (Å²) in [5.41, 5.74) is 9.65. The fourth-order valence-corrected chi connectivity index (χ4v) is 1.57. The lowest BCUT2D eigenvalue weighted by molar-refractivity contribution is 0.208. The highest BCUT2D eigenvalue weighted by molar-refractivity contribution is 5.78. The van der Waals surface area contributed by atoms with Gasteiger partial charge in [0.05, 0.1) is 0 Å². The van der Waals surface area contributed by atoms with E-state index < -0.39 is 0 Å². The van der Waals surface area contributed by atoms with E-state index in [2.05, 4.69) is 26.3 Å². The molecule has 0 aromatic heterocycles. The summed E-state index contributed by atoms with van der Waals surface area (Å²) in [6.45, 7) is 1.69. The zero-order valence-electron chi connectivity index (χ0n) is 9.60. The molecule has 90 valence electrons. The number of likely N-dealkylation sites (tertiary alicyclic amines) is 1. The van der Waals surface area contributed by atoms with Crippen molar-refractivity contribution in [1.82, 2.24) is 15.5 Å². The number of urea groups is 1. The third-order valence-corrected chi connectivity index (χ3v) is 2.54. The SMILES string of the molecule is CNC(=O)NC1=C=CC(N2CC(N)C2)=CC=N1. The van der Waals surface area contributed by atoms with Crippen molar-refractivity contribution in [3.05, 3.63) is 29.4 Å². The number of nitrogens with one attached hydrogen (secondary N) is 2. The smallest absolute Gasteiger partial charge is 0.320 e. The summed E-state index contributed by atoms with van der Waals surface area (Å²) in [6.07, 6.45) is 5.31. The van der Waals surface area contributed by atoms with Crippen molar-refractivity contribution in [1.29, 1.82) is 0 Å². The quantitative estimate of drug-likeness (QED) is 0.563. The first-order chi connectivity index (χ1) is 8.19. The van der Waals surface area contributed by atoms with Gasteiger partial charge in [-0.15, -0.1) is 0 Å². The maximum Gasteiger partial charge on any atom is 0.320 e. The fraction of sp³-hybridized carbons (Fsp3) is 0.364. The van der Waals surface area contributed by atoms with E-state index in [1.54, 1.807) is 19.3 Å². The van der Waals surface area contributed by atoms with E-state index in [4.69, 9.17) is 5.73 Å². The molecule has 0 unspecified atom stereocenters. The van der Waals surface area contributed by atoms with E-state index in [1.807, 2.05) is 6.08 Å². The summed E-state index contributed by atoms with van der Waals surface area (Å²) >= 11 is 0. The average molecular weight is 233 g/mol. The molecular formula is C11H15N5O. The minimum Gasteiger partial charge on any atom is -0.368 e. The highest BCUT2D eigenvalue weighted by atomic mass is 16.2. The topological polar surface area (TPSA) is 82.8 Å². The minimum absolute atomic E-state index is 0.247. The van der Waals surface area contributed by atoms with Crippen LogP contribution < -0.4 is 16.4 Å². The van der Waals surface area contributed by atoms with Crippen LogP contribution in [0.1, 0.15) is 0 Å². The summed E-state index contributed by atoms with van der Waals surface area (Å²) in [5, 5.41) is 5.01. The van der Waals surface area contributed by atoms with Gasteiger partial charge < -0.3 is 16.0 Å². The highest BCUT2D eigenvalue weighted by Crippen LogP contribution is 2.15. The van der Waals surface area contributed by atoms with Gasteiger partial charge in [-0.3, -0.25) is 5.32 Å². The van der Waals surface area contributed by atoms with E-state index in [1.165, 1.54) is 0 Å². The van der Waals surface area contributed by atoms with Gasteiger partial charge in [-0.05, 0) is 6.08 Å². The Morgan fingerprint density at radius 1 is 1.65 bits per heavy atom. The molecule has 0 atom stereocenters. The largest absolute Gasteiger partial charge is 0.368 e. The van der Waals surface area contributed by atoms with Gasteiger partial charge in [0.2, 0.25) is 0 Å². The number of carbonyl (C=O) groups is 1. The predicted octanol–water partition coefficient (Wildman–Crippen LogP) is -0.477. The molecule has 2 amide bonds. The Balaban J connectivity index is 2.04. The molecule has 2 rings (SSSR count). The summed E-state index contributed by atoms with van der Waals surface area (Å²) in [7, 11) is 1.55. The molecule has 2 aliphatic rings. The van der Waals surface area contributed by atoms with Crippen molar-refractivity contribution in [3.63, 3.8) is 0 Å². The zero-order chi connectivity index (χ0) is 12.3. The van der Waals surface area contributed by atoms with E-state index in [0.717, 1.165) is 18.8 Å². The molecule has 1 fully saturated rings. The number of rotatable bonds is 2. The minimum atomic E-state index is -0.313. The molecular weight excluding hydrogens is 218 g/mol. The molecule has 2 heterocycles. The van der Waals surface area contributed by atoms with Gasteiger partial charge in [0.1, 0.15) is 0 Å². The van der Waals surface area contributed by atoms with Gasteiger partial charge >= 0.3 is 6.03 Å². The molecule has 6 heteroatoms. The first-order valence-corrected chi connectivity index (χ1v) is 5.39. The molecule has 0 radical (unpaired) electrons. The molecule has 1 saturated heterocycles. The Morgan fingerprint density at radius 3 is 3.06 bits per heavy atom. The van der Waals surface area contributed by atoms with Crippen LogP contribution in [-0.2, 0) is 0 Å². The van der Waals surface area contributed by atoms with Crippen LogP contribution in [0, 0.1) is 0 Å². The Kier molecular flexibility index (Phi) is 3.27. The Hall–Kier alpha value is -2.04. The number of hydrogen-bond donors (Lipinski definition) is 3. The summed E-state index contributed by atoms with van der Waals surface area (Å²) in [5.74, 6) is 0.389. The van der Waals surface area contributed by atoms with Crippen LogP contribution in [-0.4, -0.2) is 43.3 Å². The van der Waals surface area contributed by atoms with Crippen LogP contribution in [0.2, 0.25) is 0 Å². The molecule has 0 bridgehead atoms. The van der Waals surface area contributed by atoms with Crippen molar-refractivity contribution in [2.45, 2.75) is 6.04 Å². The van der Waals surface area contributed by atoms with Crippen LogP contribution in [0.25, 0.3) is 0 Å². The monoisotopic (exact) mass is 233 g/mol. The van der Waals surface area contributed by atoms with Crippen molar-refractivity contribution in [2.24, 2.45) is 10.7 Å². The number of hydrogen-bond acceptors (Lipinski definition) is 4. The first-order valence-electron chi connectivity index (χ1n) is 5.39. The third kappa shape index (κ3) is 2.75. The van der Waals surface area contributed by atoms with E-state index in [0.29, 0.717) is 5.82 Å². The first kappa shape index (κ1) is 11.4. The maximum absolute atomic E-state index is 11.1. The summed E-state index contributed by atoms with van der Waals surface area (Å²) in [6, 6.07) is -0.0654. The second kappa shape index (κ2) is 4.86. The molecule has 17 heavy (non-hydrogen) atoms. The molecule has 0 saturated carbocycles. The van der Waals surface area contributed by atoms with Crippen LogP contribution in [0.3, 0.4) is 0 Å². The van der Waals surface area contributed by atoms with E-state index in [9.17, 15) is 4.79 Å². The van der Waals surface area contributed by atoms with E-state index >= 15 is 0 Å². The van der Waals surface area contributed by atoms with Gasteiger partial charge in [-0.2, -0.15) is 0 Å². The van der Waals surface area contributed by atoms with Crippen molar-refractivity contribution in [2.75, 3.05) is 20.1 Å². The number of allylic oxidation sites excluding steroid dienone is 2. The van der Waals surface area contributed by atoms with Gasteiger partial charge in [-0.25, -0.2) is 9.79 Å². The summed E-state index contributed by atoms with van der Waals surface area (Å²) < 4.78 is 0. The zero-order valence-corrected chi connectivity index (χ0v) is 9.60. The Bertz CT molecular complexity index is 439. The van der Waals surface area contributed by atoms with Gasteiger partial charge in [0, 0.05) is 44.2 Å². The van der Waals surface area contributed by atoms with Crippen LogP contribution in [0.15, 0.2) is 34.4 Å². The fourth-order valence-electron chi connectivity index (χ4n) is 1.57. The third-order valence-electron chi connectivity index (χ3n) is 2.54. The molecule has 6 nitrogen and oxygen atoms in total. The Morgan fingerprint density at radius 2 is 2.41 bits per heavy atom. The lowest BCUT2D eigenvalue weighted by Gasteiger charge is -2.39. The van der Waals surface area contributed by atoms with Gasteiger partial charge in [0.15, 0.2) is 5.82 Å². The van der Waals surface area contributed by atoms with Gasteiger partial charge in [0.25, 0.3) is 0 Å². The van der Waals surface area contributed by atoms with Crippen molar-refractivity contribution >= 4 is 12.2 Å². The lowest BCUT2D eigenvalue weighted by atomic mass is 10.1. The number of nitrogens with zero attached hydrogens (tertiary/aromatic N) is 2. The van der Waals surface area contributed by atoms with Crippen molar-refractivity contribution < 1.29 is 4.79 Å². The van der Waals surface area contributed by atoms with Crippen LogP contribution in [0.5, 0.6) is 0 Å². The Labute approximate surface area is 99.6 Å². The molecule has 0 aliphatic carbocycles.